The lowest BCUT2D eigenvalue weighted by Crippen LogP contribution is -2.15. The Kier molecular flexibility index (Phi) is 4.71. The maximum Gasteiger partial charge on any atom is 0.416 e. The SMILES string of the molecule is O=S(=O)(c1cccc(C(F)(F)F)c1)n1ccc2c(CN3[CH]CCC3)cccc21. The Hall–Kier alpha value is -2.32. The molecule has 1 saturated heterocycles. The summed E-state index contributed by atoms with van der Waals surface area (Å²) in [5, 5.41) is 0.776. The van der Waals surface area contributed by atoms with Crippen molar-refractivity contribution in [1.29, 1.82) is 0 Å². The van der Waals surface area contributed by atoms with Gasteiger partial charge in [0.1, 0.15) is 0 Å². The predicted octanol–water partition coefficient (Wildman–Crippen LogP) is 4.65. The van der Waals surface area contributed by atoms with Crippen LogP contribution in [0.3, 0.4) is 0 Å². The molecule has 0 N–H and O–H groups in total. The number of hydrogen-bond acceptors (Lipinski definition) is 3. The number of fused-ring (bicyclic) bond motifs is 1. The van der Waals surface area contributed by atoms with Gasteiger partial charge in [0.25, 0.3) is 10.0 Å². The molecule has 1 fully saturated rings. The zero-order valence-electron chi connectivity index (χ0n) is 14.9. The number of halogens is 3. The average Bonchev–Trinajstić information content (AvgIpc) is 3.31. The summed E-state index contributed by atoms with van der Waals surface area (Å²) in [6, 6.07) is 10.9. The maximum atomic E-state index is 13.0. The Morgan fingerprint density at radius 3 is 2.54 bits per heavy atom. The highest BCUT2D eigenvalue weighted by molar-refractivity contribution is 7.90. The topological polar surface area (TPSA) is 42.3 Å². The third kappa shape index (κ3) is 3.42. The number of hydrogen-bond donors (Lipinski definition) is 0. The quantitative estimate of drug-likeness (QED) is 0.632. The Morgan fingerprint density at radius 2 is 1.82 bits per heavy atom. The Labute approximate surface area is 161 Å². The van der Waals surface area contributed by atoms with Gasteiger partial charge in [0, 0.05) is 24.7 Å². The summed E-state index contributed by atoms with van der Waals surface area (Å²) < 4.78 is 66.1. The monoisotopic (exact) mass is 407 g/mol. The van der Waals surface area contributed by atoms with Crippen molar-refractivity contribution in [3.63, 3.8) is 0 Å². The minimum atomic E-state index is -4.61. The first-order valence-corrected chi connectivity index (χ1v) is 10.3. The maximum absolute atomic E-state index is 13.0. The second-order valence-electron chi connectivity index (χ2n) is 6.79. The van der Waals surface area contributed by atoms with E-state index >= 15 is 0 Å². The number of nitrogens with zero attached hydrogens (tertiary/aromatic N) is 2. The van der Waals surface area contributed by atoms with Gasteiger partial charge in [-0.05, 0) is 55.3 Å². The van der Waals surface area contributed by atoms with E-state index < -0.39 is 26.7 Å². The van der Waals surface area contributed by atoms with Crippen LogP contribution in [0, 0.1) is 6.54 Å². The molecule has 1 aromatic heterocycles. The molecule has 0 spiro atoms. The molecule has 1 aliphatic heterocycles. The molecule has 0 bridgehead atoms. The molecular weight excluding hydrogens is 389 g/mol. The fourth-order valence-corrected chi connectivity index (χ4v) is 4.92. The zero-order chi connectivity index (χ0) is 19.9. The van der Waals surface area contributed by atoms with Crippen molar-refractivity contribution in [2.45, 2.75) is 30.5 Å². The number of aromatic nitrogens is 1. The van der Waals surface area contributed by atoms with Gasteiger partial charge in [0.15, 0.2) is 0 Å². The van der Waals surface area contributed by atoms with Crippen molar-refractivity contribution < 1.29 is 21.6 Å². The molecular formula is C20H18F3N2O2S. The molecule has 0 aliphatic carbocycles. The zero-order valence-corrected chi connectivity index (χ0v) is 15.7. The first-order chi connectivity index (χ1) is 13.3. The molecule has 4 rings (SSSR count). The van der Waals surface area contributed by atoms with E-state index in [1.165, 1.54) is 12.3 Å². The predicted molar refractivity (Wildman–Crippen MR) is 99.9 cm³/mol. The summed E-state index contributed by atoms with van der Waals surface area (Å²) in [5.74, 6) is 0. The Bertz CT molecular complexity index is 1110. The highest BCUT2D eigenvalue weighted by atomic mass is 32.2. The van der Waals surface area contributed by atoms with Gasteiger partial charge < -0.3 is 0 Å². The van der Waals surface area contributed by atoms with Crippen molar-refractivity contribution in [1.82, 2.24) is 8.87 Å². The van der Waals surface area contributed by atoms with E-state index in [9.17, 15) is 21.6 Å². The van der Waals surface area contributed by atoms with E-state index in [4.69, 9.17) is 0 Å². The van der Waals surface area contributed by atoms with E-state index in [2.05, 4.69) is 11.4 Å². The van der Waals surface area contributed by atoms with Gasteiger partial charge in [-0.3, -0.25) is 4.90 Å². The molecule has 0 atom stereocenters. The summed E-state index contributed by atoms with van der Waals surface area (Å²) in [7, 11) is -4.15. The second-order valence-corrected chi connectivity index (χ2v) is 8.60. The van der Waals surface area contributed by atoms with Crippen molar-refractivity contribution in [2.75, 3.05) is 6.54 Å². The standard InChI is InChI=1S/C20H18F3N2O2S/c21-20(22,23)16-6-4-7-17(13-16)28(26,27)25-12-9-18-15(5-3-8-19(18)25)14-24-10-1-2-11-24/h3-10,12-13H,1-2,11,14H2. The van der Waals surface area contributed by atoms with Gasteiger partial charge in [0.2, 0.25) is 0 Å². The van der Waals surface area contributed by atoms with Crippen LogP contribution in [0.2, 0.25) is 0 Å². The lowest BCUT2D eigenvalue weighted by atomic mass is 10.1. The van der Waals surface area contributed by atoms with Gasteiger partial charge in [-0.1, -0.05) is 18.2 Å². The van der Waals surface area contributed by atoms with Crippen LogP contribution in [0.4, 0.5) is 13.2 Å². The molecule has 2 aromatic carbocycles. The largest absolute Gasteiger partial charge is 0.416 e. The first-order valence-electron chi connectivity index (χ1n) is 8.86. The average molecular weight is 407 g/mol. The van der Waals surface area contributed by atoms with Crippen LogP contribution in [0.15, 0.2) is 59.6 Å². The van der Waals surface area contributed by atoms with E-state index in [0.29, 0.717) is 18.1 Å². The van der Waals surface area contributed by atoms with E-state index in [1.54, 1.807) is 18.2 Å². The molecule has 1 aliphatic rings. The third-order valence-electron chi connectivity index (χ3n) is 4.92. The molecule has 3 aromatic rings. The number of alkyl halides is 3. The molecule has 0 unspecified atom stereocenters. The van der Waals surface area contributed by atoms with Crippen molar-refractivity contribution in [3.05, 3.63) is 72.4 Å². The summed E-state index contributed by atoms with van der Waals surface area (Å²) in [6.07, 6.45) is -1.08. The second kappa shape index (κ2) is 6.93. The highest BCUT2D eigenvalue weighted by Crippen LogP contribution is 2.32. The van der Waals surface area contributed by atoms with Crippen LogP contribution in [-0.4, -0.2) is 23.8 Å². The minimum absolute atomic E-state index is 0.391. The van der Waals surface area contributed by atoms with Crippen molar-refractivity contribution in [3.8, 4) is 0 Å². The van der Waals surface area contributed by atoms with E-state index in [-0.39, 0.29) is 0 Å². The summed E-state index contributed by atoms with van der Waals surface area (Å²) >= 11 is 0. The van der Waals surface area contributed by atoms with Crippen LogP contribution in [0.25, 0.3) is 10.9 Å². The molecule has 147 valence electrons. The van der Waals surface area contributed by atoms with Gasteiger partial charge in [-0.25, -0.2) is 12.4 Å². The van der Waals surface area contributed by atoms with Crippen LogP contribution >= 0.6 is 0 Å². The fraction of sp³-hybridized carbons (Fsp3) is 0.250. The number of rotatable bonds is 4. The smallest absolute Gasteiger partial charge is 0.295 e. The summed E-state index contributed by atoms with van der Waals surface area (Å²) in [4.78, 5) is 1.80. The van der Waals surface area contributed by atoms with Crippen LogP contribution < -0.4 is 0 Å². The van der Waals surface area contributed by atoms with Crippen molar-refractivity contribution >= 4 is 20.9 Å². The Morgan fingerprint density at radius 1 is 1.04 bits per heavy atom. The van der Waals surface area contributed by atoms with Gasteiger partial charge in [-0.2, -0.15) is 13.2 Å². The van der Waals surface area contributed by atoms with E-state index in [0.717, 1.165) is 46.4 Å². The third-order valence-corrected chi connectivity index (χ3v) is 6.60. The normalized spacial score (nSPS) is 16.1. The molecule has 8 heteroatoms. The fourth-order valence-electron chi connectivity index (χ4n) is 3.52. The number of likely N-dealkylation sites (tertiary alicyclic amines) is 1. The van der Waals surface area contributed by atoms with Gasteiger partial charge in [0.05, 0.1) is 16.0 Å². The number of benzene rings is 2. The summed E-state index contributed by atoms with van der Waals surface area (Å²) in [5.41, 5.74) is 0.443. The molecule has 0 saturated carbocycles. The van der Waals surface area contributed by atoms with Crippen LogP contribution in [0.1, 0.15) is 24.0 Å². The lowest BCUT2D eigenvalue weighted by molar-refractivity contribution is -0.137. The minimum Gasteiger partial charge on any atom is -0.295 e. The molecule has 0 amide bonds. The highest BCUT2D eigenvalue weighted by Gasteiger charge is 2.32. The van der Waals surface area contributed by atoms with Crippen LogP contribution in [0.5, 0.6) is 0 Å². The van der Waals surface area contributed by atoms with Crippen molar-refractivity contribution in [2.24, 2.45) is 0 Å². The molecule has 1 radical (unpaired) electrons. The van der Waals surface area contributed by atoms with Crippen LogP contribution in [-0.2, 0) is 22.7 Å². The Balaban J connectivity index is 1.76. The molecule has 2 heterocycles. The van der Waals surface area contributed by atoms with E-state index in [1.807, 2.05) is 6.07 Å². The summed E-state index contributed by atoms with van der Waals surface area (Å²) in [6.45, 7) is 3.76. The lowest BCUT2D eigenvalue weighted by Gasteiger charge is -2.15. The molecule has 4 nitrogen and oxygen atoms in total. The molecule has 28 heavy (non-hydrogen) atoms. The van der Waals surface area contributed by atoms with Gasteiger partial charge >= 0.3 is 6.18 Å². The van der Waals surface area contributed by atoms with Gasteiger partial charge in [-0.15, -0.1) is 0 Å². The first kappa shape index (κ1) is 19.0.